The predicted octanol–water partition coefficient (Wildman–Crippen LogP) is 1.73. The van der Waals surface area contributed by atoms with Crippen LogP contribution < -0.4 is 0 Å². The van der Waals surface area contributed by atoms with Gasteiger partial charge in [0.25, 0.3) is 0 Å². The van der Waals surface area contributed by atoms with Crippen molar-refractivity contribution in [3.05, 3.63) is 0 Å². The summed E-state index contributed by atoms with van der Waals surface area (Å²) in [6.45, 7) is 4.21. The summed E-state index contributed by atoms with van der Waals surface area (Å²) in [7, 11) is 1.81. The Morgan fingerprint density at radius 2 is 2.17 bits per heavy atom. The second-order valence-electron chi connectivity index (χ2n) is 4.64. The van der Waals surface area contributed by atoms with E-state index in [-0.39, 0.29) is 24.5 Å². The van der Waals surface area contributed by atoms with Gasteiger partial charge in [-0.25, -0.2) is 4.79 Å². The molecule has 0 aromatic heterocycles. The number of carbonyl (C=O) groups excluding carboxylic acids is 1. The van der Waals surface area contributed by atoms with E-state index in [1.54, 1.807) is 16.7 Å². The van der Waals surface area contributed by atoms with Crippen molar-refractivity contribution in [1.82, 2.24) is 9.80 Å². The molecule has 2 atom stereocenters. The molecule has 2 amide bonds. The lowest BCUT2D eigenvalue weighted by atomic mass is 10.2. The first-order valence-corrected chi connectivity index (χ1v) is 7.45. The number of carboxylic acid groups (broad SMARTS) is 1. The minimum Gasteiger partial charge on any atom is -0.481 e. The Morgan fingerprint density at radius 3 is 2.61 bits per heavy atom. The maximum atomic E-state index is 12.3. The smallest absolute Gasteiger partial charge is 0.320 e. The monoisotopic (exact) mass is 274 g/mol. The van der Waals surface area contributed by atoms with Crippen LogP contribution in [0, 0.1) is 0 Å². The van der Waals surface area contributed by atoms with E-state index in [2.05, 4.69) is 0 Å². The lowest BCUT2D eigenvalue weighted by Crippen LogP contribution is -2.49. The van der Waals surface area contributed by atoms with E-state index in [0.717, 1.165) is 17.9 Å². The van der Waals surface area contributed by atoms with Crippen molar-refractivity contribution in [3.63, 3.8) is 0 Å². The zero-order valence-electron chi connectivity index (χ0n) is 11.3. The standard InChI is InChI=1S/C12H22N2O3S/c1-4-14(9(2)7-11(15)16)12(17)13(3)10-5-6-18-8-10/h9-10H,4-8H2,1-3H3,(H,15,16). The minimum absolute atomic E-state index is 0.00711. The number of carbonyl (C=O) groups is 2. The van der Waals surface area contributed by atoms with Crippen LogP contribution in [0.25, 0.3) is 0 Å². The zero-order valence-corrected chi connectivity index (χ0v) is 12.1. The zero-order chi connectivity index (χ0) is 13.7. The third-order valence-electron chi connectivity index (χ3n) is 3.34. The number of hydrogen-bond donors (Lipinski definition) is 1. The molecule has 1 saturated heterocycles. The molecule has 5 nitrogen and oxygen atoms in total. The fourth-order valence-corrected chi connectivity index (χ4v) is 3.45. The molecule has 1 aliphatic heterocycles. The maximum absolute atomic E-state index is 12.3. The lowest BCUT2D eigenvalue weighted by Gasteiger charge is -2.34. The van der Waals surface area contributed by atoms with Crippen LogP contribution in [0.2, 0.25) is 0 Å². The average Bonchev–Trinajstić information content (AvgIpc) is 2.81. The van der Waals surface area contributed by atoms with Crippen LogP contribution in [0.15, 0.2) is 0 Å². The SMILES string of the molecule is CCN(C(=O)N(C)C1CCSC1)C(C)CC(=O)O. The number of nitrogens with zero attached hydrogens (tertiary/aromatic N) is 2. The molecule has 0 bridgehead atoms. The molecule has 0 aromatic rings. The van der Waals surface area contributed by atoms with E-state index in [1.165, 1.54) is 0 Å². The summed E-state index contributed by atoms with van der Waals surface area (Å²) >= 11 is 1.86. The number of carboxylic acids is 1. The third-order valence-corrected chi connectivity index (χ3v) is 4.49. The highest BCUT2D eigenvalue weighted by atomic mass is 32.2. The van der Waals surface area contributed by atoms with Crippen molar-refractivity contribution in [2.24, 2.45) is 0 Å². The van der Waals surface area contributed by atoms with Crippen LogP contribution in [-0.4, -0.2) is 64.1 Å². The van der Waals surface area contributed by atoms with Crippen LogP contribution in [0.4, 0.5) is 4.79 Å². The molecule has 2 unspecified atom stereocenters. The normalized spacial score (nSPS) is 20.5. The van der Waals surface area contributed by atoms with E-state index in [0.29, 0.717) is 6.54 Å². The molecule has 0 spiro atoms. The van der Waals surface area contributed by atoms with Gasteiger partial charge >= 0.3 is 12.0 Å². The Hall–Kier alpha value is -0.910. The van der Waals surface area contributed by atoms with Crippen molar-refractivity contribution in [2.45, 2.75) is 38.8 Å². The molecule has 18 heavy (non-hydrogen) atoms. The van der Waals surface area contributed by atoms with E-state index in [4.69, 9.17) is 5.11 Å². The number of amides is 2. The number of urea groups is 1. The number of thioether (sulfide) groups is 1. The molecular formula is C12H22N2O3S. The molecule has 104 valence electrons. The van der Waals surface area contributed by atoms with Gasteiger partial charge in [-0.15, -0.1) is 0 Å². The third kappa shape index (κ3) is 3.80. The molecule has 0 radical (unpaired) electrons. The molecule has 0 aliphatic carbocycles. The van der Waals surface area contributed by atoms with E-state index >= 15 is 0 Å². The maximum Gasteiger partial charge on any atom is 0.320 e. The van der Waals surface area contributed by atoms with Crippen LogP contribution in [0.5, 0.6) is 0 Å². The molecule has 1 fully saturated rings. The average molecular weight is 274 g/mol. The van der Waals surface area contributed by atoms with Gasteiger partial charge < -0.3 is 14.9 Å². The Balaban J connectivity index is 2.62. The highest BCUT2D eigenvalue weighted by molar-refractivity contribution is 7.99. The largest absolute Gasteiger partial charge is 0.481 e. The van der Waals surface area contributed by atoms with Gasteiger partial charge in [-0.3, -0.25) is 4.79 Å². The predicted molar refractivity (Wildman–Crippen MR) is 73.0 cm³/mol. The van der Waals surface area contributed by atoms with Crippen molar-refractivity contribution >= 4 is 23.8 Å². The quantitative estimate of drug-likeness (QED) is 0.829. The number of rotatable bonds is 5. The summed E-state index contributed by atoms with van der Waals surface area (Å²) in [6, 6.07) is -0.0381. The number of hydrogen-bond acceptors (Lipinski definition) is 3. The first-order chi connectivity index (χ1) is 8.47. The summed E-state index contributed by atoms with van der Waals surface area (Å²) in [5.41, 5.74) is 0. The van der Waals surface area contributed by atoms with Gasteiger partial charge in [0, 0.05) is 31.4 Å². The Labute approximate surface area is 113 Å². The summed E-state index contributed by atoms with van der Waals surface area (Å²) in [4.78, 5) is 26.5. The summed E-state index contributed by atoms with van der Waals surface area (Å²) in [6.07, 6.45) is 1.02. The van der Waals surface area contributed by atoms with E-state index < -0.39 is 5.97 Å². The summed E-state index contributed by atoms with van der Waals surface area (Å²) in [5.74, 6) is 1.21. The van der Waals surface area contributed by atoms with Crippen LogP contribution in [0.3, 0.4) is 0 Å². The first kappa shape index (κ1) is 15.1. The highest BCUT2D eigenvalue weighted by Crippen LogP contribution is 2.22. The van der Waals surface area contributed by atoms with E-state index in [9.17, 15) is 9.59 Å². The molecule has 0 saturated carbocycles. The topological polar surface area (TPSA) is 60.9 Å². The summed E-state index contributed by atoms with van der Waals surface area (Å²) in [5, 5.41) is 8.81. The lowest BCUT2D eigenvalue weighted by molar-refractivity contribution is -0.138. The fourth-order valence-electron chi connectivity index (χ4n) is 2.18. The fraction of sp³-hybridized carbons (Fsp3) is 0.833. The van der Waals surface area contributed by atoms with Crippen molar-refractivity contribution < 1.29 is 14.7 Å². The molecule has 1 N–H and O–H groups in total. The minimum atomic E-state index is -0.868. The van der Waals surface area contributed by atoms with Crippen LogP contribution >= 0.6 is 11.8 Å². The van der Waals surface area contributed by atoms with Gasteiger partial charge in [-0.2, -0.15) is 11.8 Å². The molecule has 1 heterocycles. The van der Waals surface area contributed by atoms with Crippen molar-refractivity contribution in [2.75, 3.05) is 25.1 Å². The van der Waals surface area contributed by atoms with Gasteiger partial charge in [0.05, 0.1) is 6.42 Å². The molecule has 6 heteroatoms. The molecule has 1 rings (SSSR count). The van der Waals surface area contributed by atoms with Gasteiger partial charge in [0.1, 0.15) is 0 Å². The molecule has 1 aliphatic rings. The van der Waals surface area contributed by atoms with Gasteiger partial charge in [-0.05, 0) is 26.0 Å². The van der Waals surface area contributed by atoms with Gasteiger partial charge in [0.15, 0.2) is 0 Å². The van der Waals surface area contributed by atoms with Gasteiger partial charge in [-0.1, -0.05) is 0 Å². The molecule has 0 aromatic carbocycles. The second kappa shape index (κ2) is 6.87. The van der Waals surface area contributed by atoms with Crippen molar-refractivity contribution in [3.8, 4) is 0 Å². The van der Waals surface area contributed by atoms with E-state index in [1.807, 2.05) is 25.7 Å². The highest BCUT2D eigenvalue weighted by Gasteiger charge is 2.29. The second-order valence-corrected chi connectivity index (χ2v) is 5.79. The Morgan fingerprint density at radius 1 is 1.50 bits per heavy atom. The van der Waals surface area contributed by atoms with Crippen LogP contribution in [-0.2, 0) is 4.79 Å². The number of aliphatic carboxylic acids is 1. The summed E-state index contributed by atoms with van der Waals surface area (Å²) < 4.78 is 0. The van der Waals surface area contributed by atoms with Gasteiger partial charge in [0.2, 0.25) is 0 Å². The Kier molecular flexibility index (Phi) is 5.78. The van der Waals surface area contributed by atoms with Crippen molar-refractivity contribution in [1.29, 1.82) is 0 Å². The van der Waals surface area contributed by atoms with Crippen LogP contribution in [0.1, 0.15) is 26.7 Å². The Bertz CT molecular complexity index is 306. The molecular weight excluding hydrogens is 252 g/mol. The first-order valence-electron chi connectivity index (χ1n) is 6.30.